The number of aliphatic carboxylic acids is 1. The summed E-state index contributed by atoms with van der Waals surface area (Å²) in [6.45, 7) is 3.83. The first-order chi connectivity index (χ1) is 7.91. The maximum atomic E-state index is 11.6. The minimum Gasteiger partial charge on any atom is -0.481 e. The van der Waals surface area contributed by atoms with Crippen LogP contribution in [0.2, 0.25) is 0 Å². The standard InChI is InChI=1S/C10H16N4O3/c1-6(2)14-8(3-4-12-14)13-10(17)7(11)5-9(15)16/h3-4,6-7H,5,11H2,1-2H3,(H,13,17)(H,15,16). The molecule has 0 aliphatic rings. The zero-order chi connectivity index (χ0) is 13.0. The van der Waals surface area contributed by atoms with Crippen LogP contribution in [0.1, 0.15) is 26.3 Å². The topological polar surface area (TPSA) is 110 Å². The van der Waals surface area contributed by atoms with Gasteiger partial charge in [-0.05, 0) is 13.8 Å². The lowest BCUT2D eigenvalue weighted by Gasteiger charge is -2.13. The lowest BCUT2D eigenvalue weighted by atomic mass is 10.2. The molecule has 1 unspecified atom stereocenters. The molecule has 0 spiro atoms. The quantitative estimate of drug-likeness (QED) is 0.681. The highest BCUT2D eigenvalue weighted by Crippen LogP contribution is 2.13. The number of nitrogens with zero attached hydrogens (tertiary/aromatic N) is 2. The molecule has 4 N–H and O–H groups in total. The van der Waals surface area contributed by atoms with Gasteiger partial charge in [-0.1, -0.05) is 0 Å². The molecule has 1 heterocycles. The lowest BCUT2D eigenvalue weighted by Crippen LogP contribution is -2.38. The maximum absolute atomic E-state index is 11.6. The SMILES string of the molecule is CC(C)n1nccc1NC(=O)C(N)CC(=O)O. The van der Waals surface area contributed by atoms with E-state index in [1.165, 1.54) is 0 Å². The molecule has 7 heteroatoms. The Balaban J connectivity index is 2.67. The van der Waals surface area contributed by atoms with Gasteiger partial charge in [-0.2, -0.15) is 5.10 Å². The fourth-order valence-corrected chi connectivity index (χ4v) is 1.32. The second kappa shape index (κ2) is 5.44. The number of carboxylic acids is 1. The Hall–Kier alpha value is -1.89. The molecule has 0 radical (unpaired) electrons. The van der Waals surface area contributed by atoms with E-state index in [1.807, 2.05) is 13.8 Å². The molecule has 0 bridgehead atoms. The van der Waals surface area contributed by atoms with Gasteiger partial charge in [0, 0.05) is 12.1 Å². The van der Waals surface area contributed by atoms with Crippen LogP contribution in [0, 0.1) is 0 Å². The average Bonchev–Trinajstić information content (AvgIpc) is 2.64. The molecular formula is C10H16N4O3. The van der Waals surface area contributed by atoms with E-state index >= 15 is 0 Å². The zero-order valence-corrected chi connectivity index (χ0v) is 9.75. The van der Waals surface area contributed by atoms with Gasteiger partial charge >= 0.3 is 5.97 Å². The van der Waals surface area contributed by atoms with E-state index in [-0.39, 0.29) is 6.04 Å². The zero-order valence-electron chi connectivity index (χ0n) is 9.75. The summed E-state index contributed by atoms with van der Waals surface area (Å²) < 4.78 is 1.62. The van der Waals surface area contributed by atoms with Gasteiger partial charge in [0.05, 0.1) is 18.7 Å². The highest BCUT2D eigenvalue weighted by atomic mass is 16.4. The van der Waals surface area contributed by atoms with Crippen molar-refractivity contribution in [1.82, 2.24) is 9.78 Å². The molecule has 0 aliphatic heterocycles. The van der Waals surface area contributed by atoms with Crippen molar-refractivity contribution >= 4 is 17.7 Å². The summed E-state index contributed by atoms with van der Waals surface area (Å²) >= 11 is 0. The number of nitrogens with one attached hydrogen (secondary N) is 1. The predicted molar refractivity (Wildman–Crippen MR) is 61.5 cm³/mol. The number of rotatable bonds is 5. The van der Waals surface area contributed by atoms with Crippen LogP contribution in [0.25, 0.3) is 0 Å². The Morgan fingerprint density at radius 1 is 1.59 bits per heavy atom. The minimum absolute atomic E-state index is 0.0935. The van der Waals surface area contributed by atoms with E-state index in [9.17, 15) is 9.59 Å². The van der Waals surface area contributed by atoms with Crippen LogP contribution in [0.15, 0.2) is 12.3 Å². The number of anilines is 1. The molecule has 7 nitrogen and oxygen atoms in total. The third kappa shape index (κ3) is 3.56. The van der Waals surface area contributed by atoms with E-state index in [4.69, 9.17) is 10.8 Å². The molecule has 17 heavy (non-hydrogen) atoms. The monoisotopic (exact) mass is 240 g/mol. The lowest BCUT2D eigenvalue weighted by molar-refractivity contribution is -0.138. The summed E-state index contributed by atoms with van der Waals surface area (Å²) in [7, 11) is 0. The number of hydrogen-bond donors (Lipinski definition) is 3. The van der Waals surface area contributed by atoms with Gasteiger partial charge < -0.3 is 16.2 Å². The molecule has 0 saturated carbocycles. The van der Waals surface area contributed by atoms with Gasteiger partial charge in [-0.25, -0.2) is 4.68 Å². The molecule has 1 aromatic rings. The molecule has 1 rings (SSSR count). The van der Waals surface area contributed by atoms with Gasteiger partial charge in [-0.15, -0.1) is 0 Å². The van der Waals surface area contributed by atoms with Crippen LogP contribution in [0.5, 0.6) is 0 Å². The van der Waals surface area contributed by atoms with Gasteiger partial charge in [0.1, 0.15) is 5.82 Å². The van der Waals surface area contributed by atoms with Crippen LogP contribution < -0.4 is 11.1 Å². The molecule has 1 atom stereocenters. The van der Waals surface area contributed by atoms with Crippen molar-refractivity contribution < 1.29 is 14.7 Å². The number of nitrogens with two attached hydrogens (primary N) is 1. The smallest absolute Gasteiger partial charge is 0.305 e. The summed E-state index contributed by atoms with van der Waals surface area (Å²) in [6.07, 6.45) is 1.15. The highest BCUT2D eigenvalue weighted by molar-refractivity contribution is 5.96. The van der Waals surface area contributed by atoms with Gasteiger partial charge in [0.15, 0.2) is 0 Å². The summed E-state index contributed by atoms with van der Waals surface area (Å²) in [5.41, 5.74) is 5.44. The van der Waals surface area contributed by atoms with Crippen molar-refractivity contribution in [3.63, 3.8) is 0 Å². The number of carbonyl (C=O) groups is 2. The summed E-state index contributed by atoms with van der Waals surface area (Å²) in [5.74, 6) is -1.13. The van der Waals surface area contributed by atoms with E-state index in [1.54, 1.807) is 16.9 Å². The van der Waals surface area contributed by atoms with Gasteiger partial charge in [0.25, 0.3) is 0 Å². The Bertz CT molecular complexity index is 413. The number of carbonyl (C=O) groups excluding carboxylic acids is 1. The van der Waals surface area contributed by atoms with Gasteiger partial charge in [-0.3, -0.25) is 9.59 Å². The van der Waals surface area contributed by atoms with Crippen molar-refractivity contribution in [2.75, 3.05) is 5.32 Å². The molecule has 1 aromatic heterocycles. The Labute approximate surface area is 98.6 Å². The fourth-order valence-electron chi connectivity index (χ4n) is 1.32. The van der Waals surface area contributed by atoms with Crippen molar-refractivity contribution in [1.29, 1.82) is 0 Å². The van der Waals surface area contributed by atoms with E-state index < -0.39 is 24.3 Å². The number of carboxylic acid groups (broad SMARTS) is 1. The molecule has 0 saturated heterocycles. The van der Waals surface area contributed by atoms with Crippen molar-refractivity contribution in [3.05, 3.63) is 12.3 Å². The molecule has 0 fully saturated rings. The van der Waals surface area contributed by atoms with Crippen LogP contribution in [0.3, 0.4) is 0 Å². The summed E-state index contributed by atoms with van der Waals surface area (Å²) in [6, 6.07) is 0.657. The van der Waals surface area contributed by atoms with Crippen LogP contribution >= 0.6 is 0 Å². The Morgan fingerprint density at radius 2 is 2.24 bits per heavy atom. The number of amides is 1. The summed E-state index contributed by atoms with van der Waals surface area (Å²) in [4.78, 5) is 22.0. The third-order valence-corrected chi connectivity index (χ3v) is 2.14. The van der Waals surface area contributed by atoms with E-state index in [2.05, 4.69) is 10.4 Å². The van der Waals surface area contributed by atoms with E-state index in [0.29, 0.717) is 5.82 Å². The summed E-state index contributed by atoms with van der Waals surface area (Å²) in [5, 5.41) is 15.1. The van der Waals surface area contributed by atoms with E-state index in [0.717, 1.165) is 0 Å². The first kappa shape index (κ1) is 13.2. The molecule has 0 aliphatic carbocycles. The fraction of sp³-hybridized carbons (Fsp3) is 0.500. The Morgan fingerprint density at radius 3 is 2.76 bits per heavy atom. The Kier molecular flexibility index (Phi) is 4.22. The molecule has 94 valence electrons. The number of aromatic nitrogens is 2. The van der Waals surface area contributed by atoms with Crippen LogP contribution in [-0.4, -0.2) is 32.8 Å². The third-order valence-electron chi connectivity index (χ3n) is 2.14. The van der Waals surface area contributed by atoms with Crippen LogP contribution in [0.4, 0.5) is 5.82 Å². The number of hydrogen-bond acceptors (Lipinski definition) is 4. The van der Waals surface area contributed by atoms with Crippen molar-refractivity contribution in [2.24, 2.45) is 5.73 Å². The maximum Gasteiger partial charge on any atom is 0.305 e. The largest absolute Gasteiger partial charge is 0.481 e. The predicted octanol–water partition coefficient (Wildman–Crippen LogP) is 0.204. The highest BCUT2D eigenvalue weighted by Gasteiger charge is 2.18. The average molecular weight is 240 g/mol. The minimum atomic E-state index is -1.11. The van der Waals surface area contributed by atoms with Crippen LogP contribution in [-0.2, 0) is 9.59 Å². The molecule has 0 aromatic carbocycles. The van der Waals surface area contributed by atoms with Gasteiger partial charge in [0.2, 0.25) is 5.91 Å². The second-order valence-electron chi connectivity index (χ2n) is 3.95. The molecule has 1 amide bonds. The van der Waals surface area contributed by atoms with Crippen molar-refractivity contribution in [2.45, 2.75) is 32.4 Å². The first-order valence-electron chi connectivity index (χ1n) is 5.23. The van der Waals surface area contributed by atoms with Crippen molar-refractivity contribution in [3.8, 4) is 0 Å². The first-order valence-corrected chi connectivity index (χ1v) is 5.23. The molecular weight excluding hydrogens is 224 g/mol. The normalized spacial score (nSPS) is 12.5. The second-order valence-corrected chi connectivity index (χ2v) is 3.95.